The number of rotatable bonds is 4. The Balaban J connectivity index is 1.56. The highest BCUT2D eigenvalue weighted by atomic mass is 19.4. The minimum Gasteiger partial charge on any atom is -0.322 e. The molecule has 1 aromatic heterocycles. The van der Waals surface area contributed by atoms with Gasteiger partial charge in [0.15, 0.2) is 5.78 Å². The molecule has 0 bridgehead atoms. The fourth-order valence-corrected chi connectivity index (χ4v) is 3.05. The van der Waals surface area contributed by atoms with Gasteiger partial charge in [-0.15, -0.1) is 0 Å². The van der Waals surface area contributed by atoms with E-state index in [9.17, 15) is 22.8 Å². The van der Waals surface area contributed by atoms with Crippen LogP contribution in [0, 0.1) is 0 Å². The van der Waals surface area contributed by atoms with Gasteiger partial charge in [-0.1, -0.05) is 18.2 Å². The molecule has 31 heavy (non-hydrogen) atoms. The summed E-state index contributed by atoms with van der Waals surface area (Å²) in [6, 6.07) is 15.3. The molecule has 0 radical (unpaired) electrons. The summed E-state index contributed by atoms with van der Waals surface area (Å²) in [5.41, 5.74) is 1.17. The fraction of sp³-hybridized carbons (Fsp3) is 0.0435. The van der Waals surface area contributed by atoms with Crippen LogP contribution in [-0.2, 0) is 6.18 Å². The minimum atomic E-state index is -4.55. The molecule has 0 aliphatic heterocycles. The minimum absolute atomic E-state index is 0.139. The number of nitrogens with zero attached hydrogens (tertiary/aromatic N) is 2. The number of carbonyl (C=O) groups excluding carboxylic acids is 2. The Morgan fingerprint density at radius 1 is 0.742 bits per heavy atom. The molecule has 0 saturated heterocycles. The molecule has 0 spiro atoms. The molecule has 8 heteroatoms. The van der Waals surface area contributed by atoms with E-state index in [0.29, 0.717) is 22.2 Å². The summed E-state index contributed by atoms with van der Waals surface area (Å²) in [5, 5.41) is 2.53. The summed E-state index contributed by atoms with van der Waals surface area (Å²) >= 11 is 0. The Hall–Kier alpha value is -4.07. The number of nitrogens with one attached hydrogen (secondary N) is 1. The first-order valence-corrected chi connectivity index (χ1v) is 9.15. The lowest BCUT2D eigenvalue weighted by Gasteiger charge is -2.10. The molecule has 0 atom stereocenters. The highest BCUT2D eigenvalue weighted by molar-refractivity contribution is 6.11. The maximum absolute atomic E-state index is 12.9. The Labute approximate surface area is 174 Å². The highest BCUT2D eigenvalue weighted by Gasteiger charge is 2.30. The first-order chi connectivity index (χ1) is 14.8. The number of anilines is 1. The third-order valence-corrected chi connectivity index (χ3v) is 4.57. The number of amides is 1. The normalized spacial score (nSPS) is 11.3. The second-order valence-electron chi connectivity index (χ2n) is 6.70. The van der Waals surface area contributed by atoms with E-state index in [1.165, 1.54) is 24.4 Å². The van der Waals surface area contributed by atoms with Crippen molar-refractivity contribution in [1.82, 2.24) is 9.97 Å². The molecule has 1 N–H and O–H groups in total. The quantitative estimate of drug-likeness (QED) is 0.464. The molecule has 0 fully saturated rings. The van der Waals surface area contributed by atoms with Crippen LogP contribution in [0.3, 0.4) is 0 Å². The molecular formula is C23H14F3N3O2. The van der Waals surface area contributed by atoms with Crippen LogP contribution in [0.5, 0.6) is 0 Å². The van der Waals surface area contributed by atoms with Gasteiger partial charge in [0.2, 0.25) is 0 Å². The third kappa shape index (κ3) is 4.42. The lowest BCUT2D eigenvalue weighted by molar-refractivity contribution is -0.137. The fourth-order valence-electron chi connectivity index (χ4n) is 3.05. The number of ketones is 1. The maximum atomic E-state index is 12.9. The number of alkyl halides is 3. The van der Waals surface area contributed by atoms with Crippen molar-refractivity contribution in [3.63, 3.8) is 0 Å². The topological polar surface area (TPSA) is 72.0 Å². The van der Waals surface area contributed by atoms with Gasteiger partial charge in [0.25, 0.3) is 5.91 Å². The van der Waals surface area contributed by atoms with Crippen molar-refractivity contribution in [2.75, 3.05) is 5.32 Å². The van der Waals surface area contributed by atoms with Crippen LogP contribution < -0.4 is 5.32 Å². The van der Waals surface area contributed by atoms with Crippen LogP contribution in [-0.4, -0.2) is 21.7 Å². The molecular weight excluding hydrogens is 407 g/mol. The number of hydrogen-bond donors (Lipinski definition) is 1. The molecule has 154 valence electrons. The molecule has 5 nitrogen and oxygen atoms in total. The van der Waals surface area contributed by atoms with Crippen LogP contribution in [0.15, 0.2) is 79.1 Å². The molecule has 0 unspecified atom stereocenters. The van der Waals surface area contributed by atoms with E-state index in [-0.39, 0.29) is 17.0 Å². The summed E-state index contributed by atoms with van der Waals surface area (Å²) in [5.74, 6) is -1.00. The van der Waals surface area contributed by atoms with Gasteiger partial charge in [-0.3, -0.25) is 19.6 Å². The average Bonchev–Trinajstić information content (AvgIpc) is 2.78. The van der Waals surface area contributed by atoms with Gasteiger partial charge in [-0.25, -0.2) is 0 Å². The van der Waals surface area contributed by atoms with Gasteiger partial charge < -0.3 is 5.32 Å². The van der Waals surface area contributed by atoms with Gasteiger partial charge in [0, 0.05) is 34.8 Å². The van der Waals surface area contributed by atoms with E-state index in [2.05, 4.69) is 15.3 Å². The second-order valence-corrected chi connectivity index (χ2v) is 6.70. The van der Waals surface area contributed by atoms with Gasteiger partial charge in [-0.05, 0) is 48.5 Å². The number of benzene rings is 3. The summed E-state index contributed by atoms with van der Waals surface area (Å²) in [6.45, 7) is 0. The first kappa shape index (κ1) is 20.2. The SMILES string of the molecule is O=C(Nc1cccc(C(=O)c2ccc3nccnc3c2)c1)c1cccc(C(F)(F)F)c1. The maximum Gasteiger partial charge on any atom is 0.416 e. The number of fused-ring (bicyclic) bond motifs is 1. The van der Waals surface area contributed by atoms with Crippen molar-refractivity contribution in [2.45, 2.75) is 6.18 Å². The smallest absolute Gasteiger partial charge is 0.322 e. The predicted molar refractivity (Wildman–Crippen MR) is 109 cm³/mol. The van der Waals surface area contributed by atoms with Crippen molar-refractivity contribution in [1.29, 1.82) is 0 Å². The van der Waals surface area contributed by atoms with Crippen LogP contribution in [0.25, 0.3) is 11.0 Å². The molecule has 4 rings (SSSR count). The molecule has 0 aliphatic carbocycles. The van der Waals surface area contributed by atoms with Crippen molar-refractivity contribution >= 4 is 28.4 Å². The second kappa shape index (κ2) is 7.98. The van der Waals surface area contributed by atoms with Crippen molar-refractivity contribution in [3.8, 4) is 0 Å². The van der Waals surface area contributed by atoms with Crippen LogP contribution in [0.2, 0.25) is 0 Å². The zero-order valence-electron chi connectivity index (χ0n) is 15.9. The van der Waals surface area contributed by atoms with Crippen molar-refractivity contribution in [2.24, 2.45) is 0 Å². The van der Waals surface area contributed by atoms with E-state index < -0.39 is 17.6 Å². The molecule has 0 saturated carbocycles. The van der Waals surface area contributed by atoms with E-state index >= 15 is 0 Å². The third-order valence-electron chi connectivity index (χ3n) is 4.57. The Morgan fingerprint density at radius 2 is 1.42 bits per heavy atom. The molecule has 1 heterocycles. The molecule has 1 amide bonds. The van der Waals surface area contributed by atoms with E-state index in [0.717, 1.165) is 12.1 Å². The summed E-state index contributed by atoms with van der Waals surface area (Å²) in [6.07, 6.45) is -1.46. The Bertz CT molecular complexity index is 1300. The average molecular weight is 421 g/mol. The highest BCUT2D eigenvalue weighted by Crippen LogP contribution is 2.29. The Morgan fingerprint density at radius 3 is 2.19 bits per heavy atom. The standard InChI is InChI=1S/C23H14F3N3O2/c24-23(25,26)17-5-1-4-16(11-17)22(31)29-18-6-2-3-14(12-18)21(30)15-7-8-19-20(13-15)28-10-9-27-19/h1-13H,(H,29,31). The summed E-state index contributed by atoms with van der Waals surface area (Å²) < 4.78 is 38.6. The van der Waals surface area contributed by atoms with Gasteiger partial charge in [-0.2, -0.15) is 13.2 Å². The predicted octanol–water partition coefficient (Wildman–Crippen LogP) is 5.13. The van der Waals surface area contributed by atoms with Crippen molar-refractivity contribution < 1.29 is 22.8 Å². The van der Waals surface area contributed by atoms with Crippen LogP contribution in [0.4, 0.5) is 18.9 Å². The van der Waals surface area contributed by atoms with Gasteiger partial charge >= 0.3 is 6.18 Å². The van der Waals surface area contributed by atoms with E-state index in [4.69, 9.17) is 0 Å². The monoisotopic (exact) mass is 421 g/mol. The number of hydrogen-bond acceptors (Lipinski definition) is 4. The summed E-state index contributed by atoms with van der Waals surface area (Å²) in [7, 11) is 0. The first-order valence-electron chi connectivity index (χ1n) is 9.15. The largest absolute Gasteiger partial charge is 0.416 e. The molecule has 3 aromatic carbocycles. The van der Waals surface area contributed by atoms with E-state index in [1.54, 1.807) is 42.6 Å². The Kier molecular flexibility index (Phi) is 5.21. The van der Waals surface area contributed by atoms with Crippen molar-refractivity contribution in [3.05, 3.63) is 101 Å². The lowest BCUT2D eigenvalue weighted by atomic mass is 10.0. The van der Waals surface area contributed by atoms with Crippen LogP contribution >= 0.6 is 0 Å². The lowest BCUT2D eigenvalue weighted by Crippen LogP contribution is -2.14. The summed E-state index contributed by atoms with van der Waals surface area (Å²) in [4.78, 5) is 33.6. The number of carbonyl (C=O) groups is 2. The van der Waals surface area contributed by atoms with Crippen LogP contribution in [0.1, 0.15) is 31.8 Å². The number of aromatic nitrogens is 2. The zero-order chi connectivity index (χ0) is 22.0. The van der Waals surface area contributed by atoms with E-state index in [1.807, 2.05) is 0 Å². The zero-order valence-corrected chi connectivity index (χ0v) is 15.9. The molecule has 0 aliphatic rings. The number of halogens is 3. The van der Waals surface area contributed by atoms with Gasteiger partial charge in [0.05, 0.1) is 16.6 Å². The molecule has 4 aromatic rings. The van der Waals surface area contributed by atoms with Gasteiger partial charge in [0.1, 0.15) is 0 Å².